The fraction of sp³-hybridized carbons (Fsp3) is 0.606. The van der Waals surface area contributed by atoms with Gasteiger partial charge in [-0.2, -0.15) is 0 Å². The third kappa shape index (κ3) is 9.12. The fourth-order valence-corrected chi connectivity index (χ4v) is 6.19. The van der Waals surface area contributed by atoms with Crippen molar-refractivity contribution in [2.75, 3.05) is 58.8 Å². The molecule has 2 saturated carbocycles. The Kier molecular flexibility index (Phi) is 12.3. The molecule has 2 aliphatic carbocycles. The van der Waals surface area contributed by atoms with Crippen LogP contribution in [-0.4, -0.2) is 105 Å². The number of carbonyl (C=O) groups excluding carboxylic acids is 4. The minimum absolute atomic E-state index is 0.0415. The molecule has 3 fully saturated rings. The Bertz CT molecular complexity index is 1310. The quantitative estimate of drug-likeness (QED) is 0.212. The summed E-state index contributed by atoms with van der Waals surface area (Å²) >= 11 is 0. The number of hydrogen-bond acceptors (Lipinski definition) is 8. The first-order valence-corrected chi connectivity index (χ1v) is 16.2. The molecule has 3 atom stereocenters. The molecule has 0 aromatic heterocycles. The number of rotatable bonds is 15. The van der Waals surface area contributed by atoms with Gasteiger partial charge in [-0.05, 0) is 87.4 Å². The van der Waals surface area contributed by atoms with Crippen molar-refractivity contribution in [1.29, 1.82) is 0 Å². The number of nitrogens with zero attached hydrogens (tertiary/aromatic N) is 3. The minimum atomic E-state index is -0.940. The van der Waals surface area contributed by atoms with Gasteiger partial charge < -0.3 is 36.2 Å². The van der Waals surface area contributed by atoms with Crippen LogP contribution in [0.4, 0.5) is 10.1 Å². The van der Waals surface area contributed by atoms with Gasteiger partial charge in [0.1, 0.15) is 30.2 Å². The summed E-state index contributed by atoms with van der Waals surface area (Å²) in [6.07, 6.45) is 6.55. The average Bonchev–Trinajstić information content (AvgIpc) is 3.96. The Hall–Kier alpha value is -3.84. The number of benzene rings is 1. The van der Waals surface area contributed by atoms with Crippen molar-refractivity contribution in [3.05, 3.63) is 41.9 Å². The first-order chi connectivity index (χ1) is 22.1. The monoisotopic (exact) mass is 641 g/mol. The number of aliphatic imine (C=N–C) groups is 1. The van der Waals surface area contributed by atoms with E-state index in [0.29, 0.717) is 50.1 Å². The summed E-state index contributed by atoms with van der Waals surface area (Å²) in [5.74, 6) is -2.41. The predicted molar refractivity (Wildman–Crippen MR) is 174 cm³/mol. The molecule has 46 heavy (non-hydrogen) atoms. The van der Waals surface area contributed by atoms with Crippen molar-refractivity contribution < 1.29 is 28.3 Å². The first-order valence-electron chi connectivity index (χ1n) is 16.2. The molecule has 0 bridgehead atoms. The van der Waals surface area contributed by atoms with Crippen LogP contribution in [0.5, 0.6) is 0 Å². The van der Waals surface area contributed by atoms with Crippen LogP contribution in [0.3, 0.4) is 0 Å². The number of anilines is 1. The molecule has 1 aromatic carbocycles. The number of likely N-dealkylation sites (N-methyl/N-ethyl adjacent to an activating group) is 1. The maximum atomic E-state index is 15.7. The second kappa shape index (κ2) is 16.1. The van der Waals surface area contributed by atoms with E-state index in [-0.39, 0.29) is 29.8 Å². The van der Waals surface area contributed by atoms with Gasteiger partial charge in [-0.15, -0.1) is 0 Å². The summed E-state index contributed by atoms with van der Waals surface area (Å²) in [6.45, 7) is 6.17. The summed E-state index contributed by atoms with van der Waals surface area (Å²) in [5, 5.41) is 8.36. The standard InChI is InChI=1S/C33H48FN7O5/c1-5-36-26(12-13-35)31(43)39-30(28(21-6-7-21)22-8-9-22)32(44)37-25-11-10-23(18-24(25)34)20(2)29(38-27(42)19-46-4)33(45)41-16-14-40(3)15-17-41/h10-13,18,20-22,28-30H,5-9,14-17,19,35H2,1-4H3,(H,37,44)(H,38,42)(H,39,43)/b13-12-,36-26?/t20-,29+,30-/m0/s1. The lowest BCUT2D eigenvalue weighted by Crippen LogP contribution is -2.56. The Morgan fingerprint density at radius 3 is 2.26 bits per heavy atom. The van der Waals surface area contributed by atoms with Crippen LogP contribution < -0.4 is 21.7 Å². The molecule has 12 nitrogen and oxygen atoms in total. The molecule has 5 N–H and O–H groups in total. The van der Waals surface area contributed by atoms with E-state index in [1.165, 1.54) is 31.5 Å². The number of nitrogens with two attached hydrogens (primary N) is 1. The number of piperazine rings is 1. The van der Waals surface area contributed by atoms with Crippen molar-refractivity contribution in [2.24, 2.45) is 28.5 Å². The van der Waals surface area contributed by atoms with Crippen LogP contribution in [0.2, 0.25) is 0 Å². The highest BCUT2D eigenvalue weighted by Gasteiger charge is 2.48. The van der Waals surface area contributed by atoms with Crippen molar-refractivity contribution in [3.8, 4) is 0 Å². The molecule has 0 radical (unpaired) electrons. The molecule has 0 spiro atoms. The molecule has 1 aromatic rings. The number of ether oxygens (including phenoxy) is 1. The normalized spacial score (nSPS) is 19.5. The molecular weight excluding hydrogens is 593 g/mol. The Balaban J connectivity index is 1.53. The van der Waals surface area contributed by atoms with Crippen molar-refractivity contribution in [3.63, 3.8) is 0 Å². The molecule has 13 heteroatoms. The predicted octanol–water partition coefficient (Wildman–Crippen LogP) is 1.63. The zero-order chi connectivity index (χ0) is 33.4. The summed E-state index contributed by atoms with van der Waals surface area (Å²) in [6, 6.07) is 2.56. The van der Waals surface area contributed by atoms with Gasteiger partial charge in [-0.25, -0.2) is 4.39 Å². The van der Waals surface area contributed by atoms with Gasteiger partial charge in [0.15, 0.2) is 0 Å². The van der Waals surface area contributed by atoms with E-state index in [9.17, 15) is 19.2 Å². The average molecular weight is 642 g/mol. The molecule has 1 aliphatic heterocycles. The smallest absolute Gasteiger partial charge is 0.270 e. The van der Waals surface area contributed by atoms with E-state index in [2.05, 4.69) is 25.8 Å². The molecule has 3 aliphatic rings. The van der Waals surface area contributed by atoms with Gasteiger partial charge in [0.2, 0.25) is 17.7 Å². The molecule has 1 saturated heterocycles. The molecular formula is C33H48FN7O5. The van der Waals surface area contributed by atoms with E-state index in [1.54, 1.807) is 24.8 Å². The van der Waals surface area contributed by atoms with Gasteiger partial charge >= 0.3 is 0 Å². The lowest BCUT2D eigenvalue weighted by Gasteiger charge is -2.36. The van der Waals surface area contributed by atoms with E-state index in [1.807, 2.05) is 7.05 Å². The van der Waals surface area contributed by atoms with E-state index in [4.69, 9.17) is 10.5 Å². The minimum Gasteiger partial charge on any atom is -0.405 e. The Morgan fingerprint density at radius 2 is 1.72 bits per heavy atom. The zero-order valence-corrected chi connectivity index (χ0v) is 27.3. The first kappa shape index (κ1) is 35.0. The maximum absolute atomic E-state index is 15.7. The van der Waals surface area contributed by atoms with Crippen LogP contribution in [-0.2, 0) is 23.9 Å². The highest BCUT2D eigenvalue weighted by molar-refractivity contribution is 6.43. The number of carbonyl (C=O) groups is 4. The lowest BCUT2D eigenvalue weighted by atomic mass is 9.88. The van der Waals surface area contributed by atoms with Crippen LogP contribution in [0, 0.1) is 23.6 Å². The number of amides is 4. The van der Waals surface area contributed by atoms with Gasteiger partial charge in [0.05, 0.1) is 5.69 Å². The topological polar surface area (TPSA) is 158 Å². The molecule has 252 valence electrons. The second-order valence-corrected chi connectivity index (χ2v) is 12.5. The Morgan fingerprint density at radius 1 is 1.07 bits per heavy atom. The zero-order valence-electron chi connectivity index (χ0n) is 27.3. The van der Waals surface area contributed by atoms with Gasteiger partial charge in [-0.3, -0.25) is 24.2 Å². The van der Waals surface area contributed by atoms with Crippen LogP contribution in [0.1, 0.15) is 51.0 Å². The third-order valence-corrected chi connectivity index (χ3v) is 9.05. The van der Waals surface area contributed by atoms with Gasteiger partial charge in [-0.1, -0.05) is 13.0 Å². The van der Waals surface area contributed by atoms with Crippen molar-refractivity contribution in [2.45, 2.75) is 57.5 Å². The highest BCUT2D eigenvalue weighted by atomic mass is 19.1. The number of methoxy groups -OCH3 is 1. The summed E-state index contributed by atoms with van der Waals surface area (Å²) in [5.41, 5.74) is 6.08. The fourth-order valence-electron chi connectivity index (χ4n) is 6.19. The molecule has 0 unspecified atom stereocenters. The van der Waals surface area contributed by atoms with Gasteiger partial charge in [0.25, 0.3) is 5.91 Å². The Labute approximate surface area is 270 Å². The molecule has 1 heterocycles. The number of nitrogens with one attached hydrogen (secondary N) is 3. The van der Waals surface area contributed by atoms with Crippen molar-refractivity contribution >= 4 is 35.0 Å². The van der Waals surface area contributed by atoms with E-state index < -0.39 is 41.5 Å². The summed E-state index contributed by atoms with van der Waals surface area (Å²) in [7, 11) is 3.38. The molecule has 4 rings (SSSR count). The van der Waals surface area contributed by atoms with E-state index >= 15 is 4.39 Å². The summed E-state index contributed by atoms with van der Waals surface area (Å²) in [4.78, 5) is 61.0. The maximum Gasteiger partial charge on any atom is 0.270 e. The van der Waals surface area contributed by atoms with Crippen molar-refractivity contribution in [1.82, 2.24) is 20.4 Å². The van der Waals surface area contributed by atoms with E-state index in [0.717, 1.165) is 25.7 Å². The number of hydrogen-bond donors (Lipinski definition) is 4. The van der Waals surface area contributed by atoms with Crippen LogP contribution in [0.25, 0.3) is 0 Å². The number of halogens is 1. The second-order valence-electron chi connectivity index (χ2n) is 12.5. The lowest BCUT2D eigenvalue weighted by molar-refractivity contribution is -0.139. The largest absolute Gasteiger partial charge is 0.405 e. The van der Waals surface area contributed by atoms with Crippen LogP contribution >= 0.6 is 0 Å². The highest BCUT2D eigenvalue weighted by Crippen LogP contribution is 2.51. The molecule has 4 amide bonds. The summed E-state index contributed by atoms with van der Waals surface area (Å²) < 4.78 is 20.6. The van der Waals surface area contributed by atoms with Crippen LogP contribution in [0.15, 0.2) is 35.5 Å². The van der Waals surface area contributed by atoms with Gasteiger partial charge in [0, 0.05) is 45.8 Å². The third-order valence-electron chi connectivity index (χ3n) is 9.05. The SMILES string of the molecule is CCN=C(/C=C\N)C(=O)N[C@H](C(=O)Nc1ccc([C@H](C)[C@@H](NC(=O)COC)C(=O)N2CCN(C)CC2)cc1F)C(C1CC1)C1CC1.